The van der Waals surface area contributed by atoms with Crippen LogP contribution in [0.3, 0.4) is 0 Å². The Morgan fingerprint density at radius 3 is 2.39 bits per heavy atom. The van der Waals surface area contributed by atoms with E-state index in [4.69, 9.17) is 0 Å². The maximum absolute atomic E-state index is 12.4. The Hall–Kier alpha value is -1.60. The van der Waals surface area contributed by atoms with Crippen molar-refractivity contribution in [2.75, 3.05) is 26.2 Å². The minimum Gasteiger partial charge on any atom is -0.315 e. The highest BCUT2D eigenvalue weighted by Gasteiger charge is 2.17. The molecule has 0 bridgehead atoms. The minimum atomic E-state index is -0.211. The van der Waals surface area contributed by atoms with Gasteiger partial charge in [0.1, 0.15) is 6.33 Å². The molecule has 1 fully saturated rings. The fraction of sp³-hybridized carbons (Fsp3) is 0.562. The van der Waals surface area contributed by atoms with Gasteiger partial charge in [-0.1, -0.05) is 31.4 Å². The number of carbonyl (C=O) groups excluding carboxylic acids is 1. The molecule has 0 atom stereocenters. The molecular formula is C16H25N5OS. The lowest BCUT2D eigenvalue weighted by molar-refractivity contribution is 0.206. The lowest BCUT2D eigenvalue weighted by atomic mass is 10.1. The lowest BCUT2D eigenvalue weighted by Gasteiger charge is -2.21. The third kappa shape index (κ3) is 5.51. The van der Waals surface area contributed by atoms with Crippen molar-refractivity contribution in [1.82, 2.24) is 24.0 Å². The second-order valence-corrected chi connectivity index (χ2v) is 6.59. The fourth-order valence-corrected chi connectivity index (χ4v) is 3.38. The molecule has 0 aliphatic carbocycles. The Labute approximate surface area is 142 Å². The summed E-state index contributed by atoms with van der Waals surface area (Å²) in [6.07, 6.45) is 11.2. The molecule has 126 valence electrons. The summed E-state index contributed by atoms with van der Waals surface area (Å²) in [5.74, 6) is 0. The van der Waals surface area contributed by atoms with Crippen molar-refractivity contribution in [3.63, 3.8) is 0 Å². The van der Waals surface area contributed by atoms with Gasteiger partial charge in [-0.3, -0.25) is 0 Å². The molecule has 2 heterocycles. The van der Waals surface area contributed by atoms with Crippen molar-refractivity contribution in [2.45, 2.75) is 37.3 Å². The van der Waals surface area contributed by atoms with E-state index in [1.165, 1.54) is 43.1 Å². The molecule has 1 saturated heterocycles. The molecule has 23 heavy (non-hydrogen) atoms. The first-order valence-electron chi connectivity index (χ1n) is 8.10. The first kappa shape index (κ1) is 17.7. The first-order chi connectivity index (χ1) is 11.2. The number of hydrogen-bond acceptors (Lipinski definition) is 5. The molecule has 0 aromatic carbocycles. The van der Waals surface area contributed by atoms with Crippen LogP contribution in [0, 0.1) is 0 Å². The highest BCUT2D eigenvalue weighted by atomic mass is 32.2. The molecular weight excluding hydrogens is 310 g/mol. The van der Waals surface area contributed by atoms with Gasteiger partial charge in [0.05, 0.1) is 0 Å². The van der Waals surface area contributed by atoms with E-state index in [1.54, 1.807) is 29.0 Å². The molecule has 7 heteroatoms. The van der Waals surface area contributed by atoms with Crippen LogP contribution in [0.2, 0.25) is 0 Å². The molecule has 0 spiro atoms. The molecule has 6 nitrogen and oxygen atoms in total. The van der Waals surface area contributed by atoms with E-state index >= 15 is 0 Å². The van der Waals surface area contributed by atoms with E-state index in [9.17, 15) is 4.79 Å². The van der Waals surface area contributed by atoms with Crippen LogP contribution in [-0.2, 0) is 0 Å². The predicted octanol–water partition coefficient (Wildman–Crippen LogP) is 3.19. The number of aromatic nitrogens is 3. The van der Waals surface area contributed by atoms with Crippen LogP contribution < -0.4 is 0 Å². The molecule has 0 unspecified atom stereocenters. The molecule has 1 amide bonds. The summed E-state index contributed by atoms with van der Waals surface area (Å²) in [6, 6.07) is -0.211. The maximum Gasteiger partial charge on any atom is 0.346 e. The van der Waals surface area contributed by atoms with E-state index in [0.717, 1.165) is 13.1 Å². The Kier molecular flexibility index (Phi) is 7.35. The molecule has 1 aliphatic rings. The van der Waals surface area contributed by atoms with Crippen molar-refractivity contribution < 1.29 is 4.79 Å². The molecule has 1 aromatic heterocycles. The van der Waals surface area contributed by atoms with Gasteiger partial charge in [-0.2, -0.15) is 4.68 Å². The summed E-state index contributed by atoms with van der Waals surface area (Å²) in [5, 5.41) is 4.93. The summed E-state index contributed by atoms with van der Waals surface area (Å²) >= 11 is 1.54. The van der Waals surface area contributed by atoms with Gasteiger partial charge in [0, 0.05) is 38.1 Å². The summed E-state index contributed by atoms with van der Waals surface area (Å²) in [4.78, 5) is 18.3. The predicted molar refractivity (Wildman–Crippen MR) is 93.3 cm³/mol. The van der Waals surface area contributed by atoms with Crippen LogP contribution in [0.25, 0.3) is 0 Å². The topological polar surface area (TPSA) is 54.3 Å². The largest absolute Gasteiger partial charge is 0.346 e. The van der Waals surface area contributed by atoms with Gasteiger partial charge in [-0.15, -0.1) is 18.3 Å². The van der Waals surface area contributed by atoms with Gasteiger partial charge < -0.3 is 4.90 Å². The van der Waals surface area contributed by atoms with Crippen LogP contribution in [0.1, 0.15) is 32.1 Å². The van der Waals surface area contributed by atoms with Crippen molar-refractivity contribution in [3.05, 3.63) is 31.6 Å². The highest BCUT2D eigenvalue weighted by Crippen LogP contribution is 2.22. The molecule has 0 radical (unpaired) electrons. The van der Waals surface area contributed by atoms with Crippen LogP contribution in [0.5, 0.6) is 0 Å². The molecule has 2 rings (SSSR count). The first-order valence-corrected chi connectivity index (χ1v) is 8.87. The summed E-state index contributed by atoms with van der Waals surface area (Å²) in [7, 11) is 0. The highest BCUT2D eigenvalue weighted by molar-refractivity contribution is 7.96. The third-order valence-corrected chi connectivity index (χ3v) is 4.64. The zero-order chi connectivity index (χ0) is 16.5. The van der Waals surface area contributed by atoms with Gasteiger partial charge in [0.25, 0.3) is 0 Å². The zero-order valence-corrected chi connectivity index (χ0v) is 14.4. The Morgan fingerprint density at radius 1 is 1.17 bits per heavy atom. The quantitative estimate of drug-likeness (QED) is 0.590. The van der Waals surface area contributed by atoms with E-state index < -0.39 is 0 Å². The standard InChI is InChI=1S/C16H25N5OS/c1-3-10-19(11-4-2)16(22)21-14-17-15(18-21)23-20-12-8-6-5-7-9-13-20/h3-4,14H,1-2,5-13H2. The van der Waals surface area contributed by atoms with Crippen molar-refractivity contribution in [2.24, 2.45) is 0 Å². The second kappa shape index (κ2) is 9.52. The number of amides is 1. The second-order valence-electron chi connectivity index (χ2n) is 5.52. The zero-order valence-electron chi connectivity index (χ0n) is 13.6. The Morgan fingerprint density at radius 2 is 1.78 bits per heavy atom. The van der Waals surface area contributed by atoms with Crippen LogP contribution in [-0.4, -0.2) is 56.2 Å². The number of hydrogen-bond donors (Lipinski definition) is 0. The molecule has 0 N–H and O–H groups in total. The van der Waals surface area contributed by atoms with E-state index in [-0.39, 0.29) is 6.03 Å². The average molecular weight is 335 g/mol. The molecule has 0 saturated carbocycles. The van der Waals surface area contributed by atoms with E-state index in [0.29, 0.717) is 18.2 Å². The monoisotopic (exact) mass is 335 g/mol. The molecule has 1 aliphatic heterocycles. The molecule has 1 aromatic rings. The van der Waals surface area contributed by atoms with Gasteiger partial charge in [-0.05, 0) is 12.8 Å². The van der Waals surface area contributed by atoms with Gasteiger partial charge in [0.2, 0.25) is 5.16 Å². The van der Waals surface area contributed by atoms with Crippen molar-refractivity contribution in [1.29, 1.82) is 0 Å². The third-order valence-electron chi connectivity index (χ3n) is 3.66. The Balaban J connectivity index is 1.96. The maximum atomic E-state index is 12.4. The lowest BCUT2D eigenvalue weighted by Crippen LogP contribution is -2.35. The summed E-state index contributed by atoms with van der Waals surface area (Å²) in [6.45, 7) is 10.4. The SMILES string of the molecule is C=CCN(CC=C)C(=O)n1cnc(SN2CCCCCCC2)n1. The average Bonchev–Trinajstić information content (AvgIpc) is 2.97. The van der Waals surface area contributed by atoms with Crippen LogP contribution in [0.15, 0.2) is 36.8 Å². The van der Waals surface area contributed by atoms with Crippen LogP contribution in [0.4, 0.5) is 4.79 Å². The number of rotatable bonds is 6. The fourth-order valence-electron chi connectivity index (χ4n) is 2.49. The minimum absolute atomic E-state index is 0.211. The summed E-state index contributed by atoms with van der Waals surface area (Å²) < 4.78 is 3.59. The smallest absolute Gasteiger partial charge is 0.315 e. The normalized spacial score (nSPS) is 16.3. The van der Waals surface area contributed by atoms with Crippen LogP contribution >= 0.6 is 11.9 Å². The van der Waals surface area contributed by atoms with Crippen molar-refractivity contribution >= 4 is 18.0 Å². The number of nitrogens with zero attached hydrogens (tertiary/aromatic N) is 5. The van der Waals surface area contributed by atoms with E-state index in [1.807, 2.05) is 0 Å². The number of carbonyl (C=O) groups is 1. The Bertz CT molecular complexity index is 512. The summed E-state index contributed by atoms with van der Waals surface area (Å²) in [5.41, 5.74) is 0. The van der Waals surface area contributed by atoms with Gasteiger partial charge in [0.15, 0.2) is 0 Å². The van der Waals surface area contributed by atoms with Crippen molar-refractivity contribution in [3.8, 4) is 0 Å². The van der Waals surface area contributed by atoms with Gasteiger partial charge >= 0.3 is 6.03 Å². The van der Waals surface area contributed by atoms with E-state index in [2.05, 4.69) is 27.5 Å². The van der Waals surface area contributed by atoms with Gasteiger partial charge in [-0.25, -0.2) is 14.1 Å².